The third-order valence-corrected chi connectivity index (χ3v) is 10.8. The Morgan fingerprint density at radius 2 is 1.78 bits per heavy atom. The number of alkyl halides is 1. The van der Waals surface area contributed by atoms with Gasteiger partial charge < -0.3 is 29.7 Å². The Kier molecular flexibility index (Phi) is 10.3. The SMILES string of the molecule is C[C@]12C[C@H](O)C3(F)[C@@H](CCC4=CC(=O)C=C[C@@]43C)C1CCC2C(=O)COC(=O)NC(COC(=O)Oc1ccc(CON(O)O)cc1)C(=O)O. The second-order valence-electron chi connectivity index (χ2n) is 13.4. The van der Waals surface area contributed by atoms with Gasteiger partial charge in [-0.2, -0.15) is 0 Å². The molecule has 0 bridgehead atoms. The van der Waals surface area contributed by atoms with Gasteiger partial charge in [0, 0.05) is 17.3 Å². The number of rotatable bonds is 11. The monoisotopic (exact) mass is 690 g/mol. The van der Waals surface area contributed by atoms with Crippen LogP contribution in [0.15, 0.2) is 48.1 Å². The number of amides is 1. The first kappa shape index (κ1) is 36.1. The molecule has 8 atom stereocenters. The zero-order valence-corrected chi connectivity index (χ0v) is 26.9. The van der Waals surface area contributed by atoms with Crippen LogP contribution in [0, 0.1) is 28.6 Å². The average molecular weight is 691 g/mol. The molecule has 1 aromatic carbocycles. The Morgan fingerprint density at radius 1 is 1.06 bits per heavy atom. The number of aliphatic carboxylic acids is 1. The van der Waals surface area contributed by atoms with E-state index in [1.54, 1.807) is 13.0 Å². The lowest BCUT2D eigenvalue weighted by molar-refractivity contribution is -0.497. The van der Waals surface area contributed by atoms with E-state index in [2.05, 4.69) is 4.84 Å². The second kappa shape index (κ2) is 14.0. The summed E-state index contributed by atoms with van der Waals surface area (Å²) < 4.78 is 32.0. The summed E-state index contributed by atoms with van der Waals surface area (Å²) in [7, 11) is 0. The normalized spacial score (nSPS) is 32.2. The number of hydrogen-bond donors (Lipinski definition) is 5. The van der Waals surface area contributed by atoms with Crippen molar-refractivity contribution in [2.75, 3.05) is 13.2 Å². The molecular weight excluding hydrogens is 651 g/mol. The van der Waals surface area contributed by atoms with Crippen molar-refractivity contribution in [1.82, 2.24) is 10.7 Å². The van der Waals surface area contributed by atoms with Crippen LogP contribution in [-0.4, -0.2) is 86.8 Å². The minimum Gasteiger partial charge on any atom is -0.480 e. The fourth-order valence-electron chi connectivity index (χ4n) is 8.40. The van der Waals surface area contributed by atoms with Gasteiger partial charge in [-0.1, -0.05) is 30.7 Å². The molecule has 0 spiro atoms. The molecule has 1 amide bonds. The van der Waals surface area contributed by atoms with Crippen molar-refractivity contribution in [3.05, 3.63) is 53.6 Å². The molecule has 266 valence electrons. The molecule has 4 aliphatic carbocycles. The van der Waals surface area contributed by atoms with Crippen molar-refractivity contribution in [2.24, 2.45) is 28.6 Å². The highest BCUT2D eigenvalue weighted by Gasteiger charge is 2.70. The number of ether oxygens (including phenoxy) is 3. The minimum absolute atomic E-state index is 0.00280. The molecule has 5 rings (SSSR count). The summed E-state index contributed by atoms with van der Waals surface area (Å²) in [5.74, 6) is -3.65. The van der Waals surface area contributed by atoms with E-state index < -0.39 is 83.1 Å². The van der Waals surface area contributed by atoms with E-state index in [-0.39, 0.29) is 30.5 Å². The highest BCUT2D eigenvalue weighted by Crippen LogP contribution is 2.68. The number of allylic oxidation sites excluding steroid dienone is 4. The minimum atomic E-state index is -2.03. The summed E-state index contributed by atoms with van der Waals surface area (Å²) in [6, 6.07) is 3.83. The van der Waals surface area contributed by atoms with Crippen molar-refractivity contribution in [2.45, 2.75) is 70.4 Å². The number of benzene rings is 1. The smallest absolute Gasteiger partial charge is 0.480 e. The quantitative estimate of drug-likeness (QED) is 0.128. The highest BCUT2D eigenvalue weighted by molar-refractivity contribution is 6.01. The van der Waals surface area contributed by atoms with Gasteiger partial charge in [0.2, 0.25) is 0 Å². The summed E-state index contributed by atoms with van der Waals surface area (Å²) in [6.07, 6.45) is 2.26. The zero-order valence-electron chi connectivity index (χ0n) is 26.9. The van der Waals surface area contributed by atoms with E-state index in [4.69, 9.17) is 24.6 Å². The summed E-state index contributed by atoms with van der Waals surface area (Å²) in [5, 5.41) is 39.6. The van der Waals surface area contributed by atoms with Crippen LogP contribution in [0.1, 0.15) is 51.5 Å². The lowest BCUT2D eigenvalue weighted by atomic mass is 9.45. The van der Waals surface area contributed by atoms with Gasteiger partial charge in [-0.05, 0) is 80.2 Å². The number of Topliss-reactive ketones (excluding diaryl/α,β-unsaturated/α-hetero) is 1. The van der Waals surface area contributed by atoms with Crippen LogP contribution in [-0.2, 0) is 35.3 Å². The first-order valence-electron chi connectivity index (χ1n) is 15.8. The third kappa shape index (κ3) is 6.96. The van der Waals surface area contributed by atoms with Gasteiger partial charge in [0.05, 0.1) is 18.1 Å². The van der Waals surface area contributed by atoms with E-state index in [0.29, 0.717) is 36.8 Å². The fourth-order valence-corrected chi connectivity index (χ4v) is 8.40. The molecule has 0 aromatic heterocycles. The summed E-state index contributed by atoms with van der Waals surface area (Å²) in [4.78, 5) is 66.2. The van der Waals surface area contributed by atoms with Gasteiger partial charge in [0.25, 0.3) is 0 Å². The molecule has 4 unspecified atom stereocenters. The van der Waals surface area contributed by atoms with Crippen molar-refractivity contribution >= 4 is 29.8 Å². The van der Waals surface area contributed by atoms with Crippen molar-refractivity contribution < 1.29 is 68.0 Å². The number of aliphatic hydroxyl groups excluding tert-OH is 1. The van der Waals surface area contributed by atoms with E-state index in [9.17, 15) is 34.2 Å². The largest absolute Gasteiger partial charge is 0.513 e. The standard InChI is InChI=1S/C33H39FN2O13/c1-31-14-27(39)33(34)23(8-5-19-13-20(37)11-12-32(19,33)2)22(31)9-10-24(31)26(38)17-46-29(42)35-25(28(40)41)16-47-30(43)49-21-6-3-18(4-7-21)15-48-36(44)45/h3-4,6-7,11-13,22-25,27,39,44-45H,5,8-10,14-17H2,1-2H3,(H,35,42)(H,40,41)/t22?,23-,24?,25?,27-,31-,32-,33?/m0/s1. The van der Waals surface area contributed by atoms with Crippen LogP contribution in [0.5, 0.6) is 5.75 Å². The lowest BCUT2D eigenvalue weighted by Gasteiger charge is -2.62. The maximum atomic E-state index is 17.2. The zero-order chi connectivity index (χ0) is 35.7. The van der Waals surface area contributed by atoms with E-state index in [1.165, 1.54) is 36.4 Å². The van der Waals surface area contributed by atoms with Gasteiger partial charge in [-0.3, -0.25) is 20.0 Å². The Bertz CT molecular complexity index is 1550. The molecule has 5 N–H and O–H groups in total. The topological polar surface area (TPSA) is 218 Å². The van der Waals surface area contributed by atoms with Gasteiger partial charge in [0.15, 0.2) is 29.9 Å². The molecule has 4 aliphatic rings. The number of carboxylic acid groups (broad SMARTS) is 1. The first-order chi connectivity index (χ1) is 23.1. The number of carbonyl (C=O) groups excluding carboxylic acids is 4. The molecule has 0 aliphatic heterocycles. The van der Waals surface area contributed by atoms with Gasteiger partial charge in [-0.15, -0.1) is 0 Å². The van der Waals surface area contributed by atoms with E-state index >= 15 is 4.39 Å². The van der Waals surface area contributed by atoms with Crippen molar-refractivity contribution in [3.63, 3.8) is 0 Å². The Balaban J connectivity index is 1.13. The number of halogens is 1. The Morgan fingerprint density at radius 3 is 2.45 bits per heavy atom. The first-order valence-corrected chi connectivity index (χ1v) is 15.8. The number of carboxylic acids is 1. The maximum absolute atomic E-state index is 17.2. The number of nitrogens with zero attached hydrogens (tertiary/aromatic N) is 1. The number of nitrogens with one attached hydrogen (secondary N) is 1. The molecule has 1 aromatic rings. The molecular formula is C33H39FN2O13. The number of alkyl carbamates (subject to hydrolysis) is 1. The van der Waals surface area contributed by atoms with Gasteiger partial charge >= 0.3 is 18.2 Å². The van der Waals surface area contributed by atoms with Crippen LogP contribution in [0.4, 0.5) is 14.0 Å². The van der Waals surface area contributed by atoms with Crippen LogP contribution < -0.4 is 10.1 Å². The third-order valence-electron chi connectivity index (χ3n) is 10.8. The number of hydrogen-bond acceptors (Lipinski definition) is 13. The molecule has 15 nitrogen and oxygen atoms in total. The number of aliphatic hydroxyl groups is 1. The Hall–Kier alpha value is -4.22. The molecule has 0 heterocycles. The lowest BCUT2D eigenvalue weighted by Crippen LogP contribution is -2.66. The molecule has 3 fully saturated rings. The summed E-state index contributed by atoms with van der Waals surface area (Å²) >= 11 is 0. The highest BCUT2D eigenvalue weighted by atomic mass is 19.1. The van der Waals surface area contributed by atoms with Crippen LogP contribution in [0.2, 0.25) is 0 Å². The van der Waals surface area contributed by atoms with Crippen molar-refractivity contribution in [3.8, 4) is 5.75 Å². The Labute approximate surface area is 280 Å². The van der Waals surface area contributed by atoms with Gasteiger partial charge in [-0.25, -0.2) is 23.6 Å². The second-order valence-corrected chi connectivity index (χ2v) is 13.4. The predicted molar refractivity (Wildman–Crippen MR) is 161 cm³/mol. The fraction of sp³-hybridized carbons (Fsp3) is 0.545. The molecule has 0 saturated heterocycles. The summed E-state index contributed by atoms with van der Waals surface area (Å²) in [5.41, 5.74) is -2.81. The van der Waals surface area contributed by atoms with Crippen LogP contribution in [0.3, 0.4) is 0 Å². The molecule has 49 heavy (non-hydrogen) atoms. The van der Waals surface area contributed by atoms with E-state index in [1.807, 2.05) is 12.2 Å². The van der Waals surface area contributed by atoms with Crippen LogP contribution >= 0.6 is 0 Å². The molecule has 16 heteroatoms. The predicted octanol–water partition coefficient (Wildman–Crippen LogP) is 3.45. The molecule has 3 saturated carbocycles. The number of ketones is 2. The number of fused-ring (bicyclic) bond motifs is 5. The van der Waals surface area contributed by atoms with Crippen LogP contribution in [0.25, 0.3) is 0 Å². The van der Waals surface area contributed by atoms with Crippen molar-refractivity contribution in [1.29, 1.82) is 0 Å². The van der Waals surface area contributed by atoms with E-state index in [0.717, 1.165) is 0 Å². The average Bonchev–Trinajstić information content (AvgIpc) is 3.38. The molecule has 0 radical (unpaired) electrons. The van der Waals surface area contributed by atoms with Gasteiger partial charge in [0.1, 0.15) is 12.4 Å². The number of carbonyl (C=O) groups is 5. The summed E-state index contributed by atoms with van der Waals surface area (Å²) in [6.45, 7) is 1.84. The maximum Gasteiger partial charge on any atom is 0.513 e.